The van der Waals surface area contributed by atoms with Crippen molar-refractivity contribution < 1.29 is 0 Å². The Morgan fingerprint density at radius 2 is 2.53 bits per heavy atom. The lowest BCUT2D eigenvalue weighted by atomic mass is 10.3. The highest BCUT2D eigenvalue weighted by atomic mass is 32.1. The molecule has 1 aliphatic heterocycles. The first-order valence-electron chi connectivity index (χ1n) is 4.96. The standard InChI is InChI=1S/C9H11N5S/c1-2-10-5-7(1)14-6-8(12-13-14)9-11-3-4-15-9/h3-4,6-7,10H,1-2,5H2/t7-/m1/s1. The number of nitrogens with one attached hydrogen (secondary N) is 1. The molecule has 0 saturated carbocycles. The summed E-state index contributed by atoms with van der Waals surface area (Å²) in [6.07, 6.45) is 4.90. The highest BCUT2D eigenvalue weighted by Crippen LogP contribution is 2.21. The van der Waals surface area contributed by atoms with Gasteiger partial charge < -0.3 is 5.32 Å². The summed E-state index contributed by atoms with van der Waals surface area (Å²) >= 11 is 1.59. The number of nitrogens with zero attached hydrogens (tertiary/aromatic N) is 4. The van der Waals surface area contributed by atoms with Crippen molar-refractivity contribution in [2.75, 3.05) is 13.1 Å². The number of aromatic nitrogens is 4. The molecule has 6 heteroatoms. The van der Waals surface area contributed by atoms with Crippen LogP contribution in [-0.2, 0) is 0 Å². The summed E-state index contributed by atoms with van der Waals surface area (Å²) in [5.74, 6) is 0. The first kappa shape index (κ1) is 8.99. The summed E-state index contributed by atoms with van der Waals surface area (Å²) in [6, 6.07) is 0.450. The lowest BCUT2D eigenvalue weighted by Crippen LogP contribution is -2.13. The summed E-state index contributed by atoms with van der Waals surface area (Å²) in [5, 5.41) is 14.5. The van der Waals surface area contributed by atoms with Crippen molar-refractivity contribution >= 4 is 11.3 Å². The Kier molecular flexibility index (Phi) is 2.22. The Morgan fingerprint density at radius 3 is 3.27 bits per heavy atom. The van der Waals surface area contributed by atoms with Crippen LogP contribution in [0, 0.1) is 0 Å². The van der Waals surface area contributed by atoms with Gasteiger partial charge in [0.05, 0.1) is 12.2 Å². The first-order chi connectivity index (χ1) is 7.43. The minimum absolute atomic E-state index is 0.450. The van der Waals surface area contributed by atoms with Crippen LogP contribution in [0.25, 0.3) is 10.7 Å². The predicted molar refractivity (Wildman–Crippen MR) is 57.7 cm³/mol. The number of hydrogen-bond acceptors (Lipinski definition) is 5. The minimum atomic E-state index is 0.450. The zero-order chi connectivity index (χ0) is 10.1. The molecule has 1 aliphatic rings. The molecule has 0 bridgehead atoms. The molecule has 3 rings (SSSR count). The second-order valence-electron chi connectivity index (χ2n) is 3.57. The summed E-state index contributed by atoms with van der Waals surface area (Å²) < 4.78 is 1.94. The van der Waals surface area contributed by atoms with Crippen molar-refractivity contribution in [2.24, 2.45) is 0 Å². The SMILES string of the molecule is c1csc(-c2cn([C@@H]3CCNC3)nn2)n1. The summed E-state index contributed by atoms with van der Waals surface area (Å²) in [4.78, 5) is 4.21. The van der Waals surface area contributed by atoms with Crippen molar-refractivity contribution in [1.29, 1.82) is 0 Å². The predicted octanol–water partition coefficient (Wildman–Crippen LogP) is 0.936. The normalized spacial score (nSPS) is 20.9. The Morgan fingerprint density at radius 1 is 1.53 bits per heavy atom. The molecule has 78 valence electrons. The van der Waals surface area contributed by atoms with Gasteiger partial charge in [-0.3, -0.25) is 0 Å². The monoisotopic (exact) mass is 221 g/mol. The molecule has 0 aromatic carbocycles. The average Bonchev–Trinajstić information content (AvgIpc) is 3.02. The van der Waals surface area contributed by atoms with Crippen LogP contribution in [0.4, 0.5) is 0 Å². The molecule has 0 unspecified atom stereocenters. The largest absolute Gasteiger partial charge is 0.315 e. The van der Waals surface area contributed by atoms with E-state index < -0.39 is 0 Å². The highest BCUT2D eigenvalue weighted by molar-refractivity contribution is 7.13. The van der Waals surface area contributed by atoms with Gasteiger partial charge in [0.25, 0.3) is 0 Å². The van der Waals surface area contributed by atoms with Crippen LogP contribution >= 0.6 is 11.3 Å². The van der Waals surface area contributed by atoms with E-state index in [1.165, 1.54) is 0 Å². The van der Waals surface area contributed by atoms with Crippen molar-refractivity contribution in [3.63, 3.8) is 0 Å². The molecule has 0 amide bonds. The van der Waals surface area contributed by atoms with E-state index in [0.29, 0.717) is 6.04 Å². The van der Waals surface area contributed by atoms with E-state index in [4.69, 9.17) is 0 Å². The van der Waals surface area contributed by atoms with Crippen molar-refractivity contribution in [3.05, 3.63) is 17.8 Å². The first-order valence-corrected chi connectivity index (χ1v) is 5.84. The molecule has 0 radical (unpaired) electrons. The van der Waals surface area contributed by atoms with Gasteiger partial charge in [-0.1, -0.05) is 5.21 Å². The van der Waals surface area contributed by atoms with Gasteiger partial charge >= 0.3 is 0 Å². The second kappa shape index (κ2) is 3.71. The Labute approximate surface area is 91.1 Å². The molecular formula is C9H11N5S. The molecule has 1 atom stereocenters. The molecule has 1 N–H and O–H groups in total. The van der Waals surface area contributed by atoms with E-state index in [0.717, 1.165) is 30.2 Å². The molecule has 1 saturated heterocycles. The average molecular weight is 221 g/mol. The molecule has 0 spiro atoms. The van der Waals surface area contributed by atoms with Gasteiger partial charge in [0.1, 0.15) is 10.7 Å². The van der Waals surface area contributed by atoms with Gasteiger partial charge in [0.2, 0.25) is 0 Å². The van der Waals surface area contributed by atoms with Gasteiger partial charge in [0, 0.05) is 18.1 Å². The molecule has 15 heavy (non-hydrogen) atoms. The topological polar surface area (TPSA) is 55.6 Å². The molecule has 1 fully saturated rings. The zero-order valence-corrected chi connectivity index (χ0v) is 8.94. The van der Waals surface area contributed by atoms with Crippen molar-refractivity contribution in [1.82, 2.24) is 25.3 Å². The number of thiazole rings is 1. The zero-order valence-electron chi connectivity index (χ0n) is 8.13. The van der Waals surface area contributed by atoms with Gasteiger partial charge in [-0.15, -0.1) is 16.4 Å². The Hall–Kier alpha value is -1.27. The lowest BCUT2D eigenvalue weighted by Gasteiger charge is -2.05. The molecular weight excluding hydrogens is 210 g/mol. The Balaban J connectivity index is 1.87. The number of rotatable bonds is 2. The molecule has 2 aromatic rings. The fraction of sp³-hybridized carbons (Fsp3) is 0.444. The second-order valence-corrected chi connectivity index (χ2v) is 4.46. The van der Waals surface area contributed by atoms with Crippen LogP contribution in [-0.4, -0.2) is 33.1 Å². The molecule has 3 heterocycles. The maximum Gasteiger partial charge on any atom is 0.145 e. The molecule has 2 aromatic heterocycles. The van der Waals surface area contributed by atoms with E-state index in [2.05, 4.69) is 20.6 Å². The van der Waals surface area contributed by atoms with Gasteiger partial charge in [0.15, 0.2) is 0 Å². The van der Waals surface area contributed by atoms with Crippen molar-refractivity contribution in [2.45, 2.75) is 12.5 Å². The van der Waals surface area contributed by atoms with Gasteiger partial charge in [-0.25, -0.2) is 9.67 Å². The minimum Gasteiger partial charge on any atom is -0.315 e. The molecule has 0 aliphatic carbocycles. The summed E-state index contributed by atoms with van der Waals surface area (Å²) in [6.45, 7) is 2.05. The van der Waals surface area contributed by atoms with Gasteiger partial charge in [-0.2, -0.15) is 0 Å². The van der Waals surface area contributed by atoms with E-state index in [9.17, 15) is 0 Å². The van der Waals surface area contributed by atoms with Crippen molar-refractivity contribution in [3.8, 4) is 10.7 Å². The smallest absolute Gasteiger partial charge is 0.145 e. The fourth-order valence-corrected chi connectivity index (χ4v) is 2.35. The number of hydrogen-bond donors (Lipinski definition) is 1. The lowest BCUT2D eigenvalue weighted by molar-refractivity contribution is 0.476. The highest BCUT2D eigenvalue weighted by Gasteiger charge is 2.18. The van der Waals surface area contributed by atoms with E-state index >= 15 is 0 Å². The van der Waals surface area contributed by atoms with Crippen LogP contribution in [0.5, 0.6) is 0 Å². The third kappa shape index (κ3) is 1.66. The maximum atomic E-state index is 4.21. The van der Waals surface area contributed by atoms with E-state index in [1.54, 1.807) is 17.5 Å². The van der Waals surface area contributed by atoms with Crippen LogP contribution in [0.15, 0.2) is 17.8 Å². The maximum absolute atomic E-state index is 4.21. The quantitative estimate of drug-likeness (QED) is 0.820. The third-order valence-electron chi connectivity index (χ3n) is 2.57. The Bertz CT molecular complexity index is 429. The third-order valence-corrected chi connectivity index (χ3v) is 3.37. The fourth-order valence-electron chi connectivity index (χ4n) is 1.77. The molecule has 5 nitrogen and oxygen atoms in total. The summed E-state index contributed by atoms with van der Waals surface area (Å²) in [7, 11) is 0. The van der Waals surface area contributed by atoms with Crippen LogP contribution in [0.3, 0.4) is 0 Å². The van der Waals surface area contributed by atoms with E-state index in [1.807, 2.05) is 16.3 Å². The van der Waals surface area contributed by atoms with Crippen LogP contribution in [0.2, 0.25) is 0 Å². The van der Waals surface area contributed by atoms with Crippen LogP contribution < -0.4 is 5.32 Å². The summed E-state index contributed by atoms with van der Waals surface area (Å²) in [5.41, 5.74) is 0.872. The van der Waals surface area contributed by atoms with Gasteiger partial charge in [-0.05, 0) is 13.0 Å². The van der Waals surface area contributed by atoms with Crippen LogP contribution in [0.1, 0.15) is 12.5 Å². The van der Waals surface area contributed by atoms with E-state index in [-0.39, 0.29) is 0 Å².